The minimum absolute atomic E-state index is 0. The third-order valence-electron chi connectivity index (χ3n) is 9.66. The molecule has 2 nitrogen and oxygen atoms in total. The van der Waals surface area contributed by atoms with Crippen LogP contribution in [0.2, 0.25) is 0 Å². The van der Waals surface area contributed by atoms with Crippen molar-refractivity contribution in [3.8, 4) is 33.8 Å². The molecule has 0 aliphatic heterocycles. The fraction of sp³-hybridized carbons (Fsp3) is 0.385. The van der Waals surface area contributed by atoms with Gasteiger partial charge in [-0.25, -0.2) is 0 Å². The van der Waals surface area contributed by atoms with Gasteiger partial charge in [-0.1, -0.05) is 144 Å². The van der Waals surface area contributed by atoms with Gasteiger partial charge < -0.3 is 24.3 Å². The van der Waals surface area contributed by atoms with E-state index in [1.807, 2.05) is 0 Å². The molecule has 4 heteroatoms. The summed E-state index contributed by atoms with van der Waals surface area (Å²) in [7, 11) is 3.59. The molecule has 0 heterocycles. The summed E-state index contributed by atoms with van der Waals surface area (Å²) < 4.78 is 12.0. The third-order valence-corrected chi connectivity index (χ3v) is 9.66. The number of rotatable bonds is 6. The van der Waals surface area contributed by atoms with Crippen molar-refractivity contribution in [2.45, 2.75) is 107 Å². The summed E-state index contributed by atoms with van der Waals surface area (Å²) in [5.74, 6) is 2.01. The van der Waals surface area contributed by atoms with E-state index in [-0.39, 0.29) is 36.5 Å². The first-order chi connectivity index (χ1) is 25.2. The van der Waals surface area contributed by atoms with Crippen LogP contribution in [-0.2, 0) is 47.0 Å². The Labute approximate surface area is 358 Å². The van der Waals surface area contributed by atoms with Gasteiger partial charge in [-0.15, -0.1) is 56.9 Å². The van der Waals surface area contributed by atoms with Gasteiger partial charge in [-0.3, -0.25) is 0 Å². The summed E-state index contributed by atoms with van der Waals surface area (Å²) >= 11 is 1.36. The van der Waals surface area contributed by atoms with Crippen LogP contribution in [0.15, 0.2) is 97.1 Å². The molecule has 56 heavy (non-hydrogen) atoms. The monoisotopic (exact) mass is 842 g/mol. The molecule has 0 amide bonds. The molecule has 0 spiro atoms. The van der Waals surface area contributed by atoms with Crippen LogP contribution in [-0.4, -0.2) is 21.1 Å². The summed E-state index contributed by atoms with van der Waals surface area (Å²) in [5, 5.41) is 5.21. The molecule has 0 fully saturated rings. The molecule has 0 N–H and O–H groups in total. The summed E-state index contributed by atoms with van der Waals surface area (Å²) in [5.41, 5.74) is 10.8. The molecular formula is C52H68O2SiZr-4. The summed E-state index contributed by atoms with van der Waals surface area (Å²) in [6.45, 7) is 30.4. The van der Waals surface area contributed by atoms with E-state index in [2.05, 4.69) is 187 Å². The van der Waals surface area contributed by atoms with Crippen molar-refractivity contribution >= 4 is 28.4 Å². The van der Waals surface area contributed by atoms with Crippen molar-refractivity contribution in [2.24, 2.45) is 10.8 Å². The third kappa shape index (κ3) is 11.9. The van der Waals surface area contributed by atoms with Crippen LogP contribution in [0.1, 0.15) is 105 Å². The normalized spacial score (nSPS) is 11.7. The van der Waals surface area contributed by atoms with Gasteiger partial charge in [0.1, 0.15) is 11.5 Å². The van der Waals surface area contributed by atoms with Crippen LogP contribution >= 0.6 is 0 Å². The molecule has 0 aromatic heterocycles. The van der Waals surface area contributed by atoms with Gasteiger partial charge in [-0.2, -0.15) is 12.1 Å². The second-order valence-corrected chi connectivity index (χ2v) is 19.1. The van der Waals surface area contributed by atoms with Crippen LogP contribution in [0.3, 0.4) is 0 Å². The van der Waals surface area contributed by atoms with Crippen LogP contribution in [0.25, 0.3) is 43.8 Å². The molecule has 2 radical (unpaired) electrons. The Morgan fingerprint density at radius 1 is 0.500 bits per heavy atom. The molecule has 300 valence electrons. The Morgan fingerprint density at radius 2 is 0.804 bits per heavy atom. The van der Waals surface area contributed by atoms with Gasteiger partial charge in [0.15, 0.2) is 0 Å². The van der Waals surface area contributed by atoms with Gasteiger partial charge in [0.25, 0.3) is 0 Å². The molecule has 6 rings (SSSR count). The summed E-state index contributed by atoms with van der Waals surface area (Å²) in [6, 6.07) is 35.4. The van der Waals surface area contributed by atoms with Crippen LogP contribution in [0.5, 0.6) is 11.5 Å². The predicted octanol–water partition coefficient (Wildman–Crippen LogP) is 14.8. The quantitative estimate of drug-likeness (QED) is 0.123. The Hall–Kier alpha value is -3.20. The zero-order valence-electron chi connectivity index (χ0n) is 37.5. The number of benzene rings is 4. The SMILES string of the molecule is COc1c(C(C)(C)C)cc2[cH-]c(CC(C)(C)C)cc2c1-c1ccccc1.COc1c(C(C)(C)C)cc2[cH-]c(CC(C)(C)C)cc2c1-c1ccccc1.[CH3-].[CH3-].[Si]=[Zr]. The fourth-order valence-corrected chi connectivity index (χ4v) is 7.55. The van der Waals surface area contributed by atoms with E-state index in [0.717, 1.165) is 24.3 Å². The van der Waals surface area contributed by atoms with Crippen molar-refractivity contribution in [1.29, 1.82) is 0 Å². The zero-order chi connectivity index (χ0) is 40.2. The summed E-state index contributed by atoms with van der Waals surface area (Å²) in [6.07, 6.45) is 2.14. The van der Waals surface area contributed by atoms with Crippen LogP contribution in [0.4, 0.5) is 0 Å². The van der Waals surface area contributed by atoms with Crippen molar-refractivity contribution in [3.05, 3.63) is 134 Å². The number of ether oxygens (including phenoxy) is 2. The van der Waals surface area contributed by atoms with Gasteiger partial charge in [0.2, 0.25) is 0 Å². The summed E-state index contributed by atoms with van der Waals surface area (Å²) in [4.78, 5) is 0. The Balaban J connectivity index is 0.000000358. The van der Waals surface area contributed by atoms with Crippen LogP contribution in [0, 0.1) is 25.7 Å². The van der Waals surface area contributed by atoms with Gasteiger partial charge >= 0.3 is 30.2 Å². The molecule has 0 unspecified atom stereocenters. The maximum absolute atomic E-state index is 5.98. The Bertz CT molecular complexity index is 1990. The maximum atomic E-state index is 5.98. The number of hydrogen-bond acceptors (Lipinski definition) is 2. The van der Waals surface area contributed by atoms with E-state index in [0.29, 0.717) is 0 Å². The first kappa shape index (κ1) is 48.9. The van der Waals surface area contributed by atoms with E-state index < -0.39 is 0 Å². The number of hydrogen-bond donors (Lipinski definition) is 0. The van der Waals surface area contributed by atoms with Gasteiger partial charge in [-0.05, 0) is 67.9 Å². The van der Waals surface area contributed by atoms with Crippen molar-refractivity contribution in [3.63, 3.8) is 0 Å². The second-order valence-electron chi connectivity index (χ2n) is 19.1. The molecule has 0 aliphatic rings. The predicted molar refractivity (Wildman–Crippen MR) is 245 cm³/mol. The van der Waals surface area contributed by atoms with E-state index in [4.69, 9.17) is 9.47 Å². The topological polar surface area (TPSA) is 18.5 Å². The minimum atomic E-state index is 0. The molecule has 6 aromatic rings. The fourth-order valence-electron chi connectivity index (χ4n) is 7.55. The van der Waals surface area contributed by atoms with E-state index in [1.54, 1.807) is 14.2 Å². The van der Waals surface area contributed by atoms with Crippen molar-refractivity contribution in [2.75, 3.05) is 14.2 Å². The molecule has 0 atom stereocenters. The van der Waals surface area contributed by atoms with Gasteiger partial charge in [0, 0.05) is 0 Å². The second kappa shape index (κ2) is 19.5. The first-order valence-electron chi connectivity index (χ1n) is 19.2. The average molecular weight is 844 g/mol. The van der Waals surface area contributed by atoms with E-state index in [1.165, 1.54) is 89.4 Å². The number of methoxy groups -OCH3 is 2. The molecule has 0 saturated heterocycles. The van der Waals surface area contributed by atoms with Crippen LogP contribution < -0.4 is 9.47 Å². The molecule has 0 bridgehead atoms. The number of fused-ring (bicyclic) bond motifs is 2. The standard InChI is InChI=1S/2C25H31O.2CH3.Si.Zr/c2*1-24(2,3)16-17-13-19-15-21(25(4,5)6)23(26-7)22(20(19)14-17)18-11-9-8-10-12-18;;;;/h2*8-15H,16H2,1-7H3;2*1H3;;/q4*-1;;. The van der Waals surface area contributed by atoms with E-state index in [9.17, 15) is 0 Å². The molecule has 0 saturated carbocycles. The average Bonchev–Trinajstić information content (AvgIpc) is 3.68. The molecule has 0 aliphatic carbocycles. The van der Waals surface area contributed by atoms with Crippen molar-refractivity contribution < 1.29 is 32.8 Å². The van der Waals surface area contributed by atoms with Gasteiger partial charge in [0.05, 0.1) is 14.2 Å². The Kier molecular flexibility index (Phi) is 17.0. The Morgan fingerprint density at radius 3 is 1.05 bits per heavy atom. The van der Waals surface area contributed by atoms with Crippen molar-refractivity contribution in [1.82, 2.24) is 0 Å². The van der Waals surface area contributed by atoms with E-state index >= 15 is 0 Å². The molecule has 6 aromatic carbocycles. The first-order valence-corrected chi connectivity index (χ1v) is 23.4. The molecular weight excluding hydrogens is 776 g/mol. The zero-order valence-corrected chi connectivity index (χ0v) is 40.9.